The molecule has 0 saturated carbocycles. The minimum atomic E-state index is -1.05. The number of ether oxygens (including phenoxy) is 2. The maximum Gasteiger partial charge on any atom is 0.338 e. The van der Waals surface area contributed by atoms with Gasteiger partial charge >= 0.3 is 11.9 Å². The number of nitrogens with one attached hydrogen (secondary N) is 1. The van der Waals surface area contributed by atoms with Gasteiger partial charge in [0.25, 0.3) is 5.69 Å². The van der Waals surface area contributed by atoms with E-state index < -0.39 is 28.4 Å². The summed E-state index contributed by atoms with van der Waals surface area (Å²) in [4.78, 5) is 36.1. The number of benzene rings is 4. The third-order valence-corrected chi connectivity index (χ3v) is 6.19. The van der Waals surface area contributed by atoms with E-state index in [-0.39, 0.29) is 17.9 Å². The summed E-state index contributed by atoms with van der Waals surface area (Å²) in [6.45, 7) is -0.337. The molecule has 0 aliphatic heterocycles. The molecule has 0 heterocycles. The molecule has 4 aromatic carbocycles. The van der Waals surface area contributed by atoms with Gasteiger partial charge < -0.3 is 9.47 Å². The molecular weight excluding hydrogens is 484 g/mol. The van der Waals surface area contributed by atoms with Crippen LogP contribution in [0.4, 0.5) is 5.69 Å². The van der Waals surface area contributed by atoms with Gasteiger partial charge in [-0.3, -0.25) is 20.2 Å². The van der Waals surface area contributed by atoms with E-state index in [2.05, 4.69) is 5.32 Å². The highest BCUT2D eigenvalue weighted by Gasteiger charge is 2.40. The van der Waals surface area contributed by atoms with E-state index in [1.54, 1.807) is 0 Å². The lowest BCUT2D eigenvalue weighted by atomic mass is 9.76. The van der Waals surface area contributed by atoms with Crippen LogP contribution in [0.1, 0.15) is 27.0 Å². The maximum absolute atomic E-state index is 13.0. The Morgan fingerprint density at radius 3 is 1.63 bits per heavy atom. The van der Waals surface area contributed by atoms with Crippen LogP contribution < -0.4 is 5.32 Å². The van der Waals surface area contributed by atoms with E-state index in [1.807, 2.05) is 91.0 Å². The number of carbonyl (C=O) groups excluding carboxylic acids is 2. The van der Waals surface area contributed by atoms with Crippen molar-refractivity contribution >= 4 is 17.6 Å². The summed E-state index contributed by atoms with van der Waals surface area (Å²) in [5, 5.41) is 14.4. The molecule has 0 radical (unpaired) electrons. The first kappa shape index (κ1) is 26.2. The molecule has 38 heavy (non-hydrogen) atoms. The zero-order valence-electron chi connectivity index (χ0n) is 20.7. The van der Waals surface area contributed by atoms with Crippen LogP contribution in [0, 0.1) is 10.1 Å². The predicted molar refractivity (Wildman–Crippen MR) is 142 cm³/mol. The van der Waals surface area contributed by atoms with Crippen LogP contribution in [0.2, 0.25) is 0 Å². The zero-order chi connectivity index (χ0) is 27.0. The number of nitrogens with zero attached hydrogens (tertiary/aromatic N) is 1. The summed E-state index contributed by atoms with van der Waals surface area (Å²) in [7, 11) is 1.27. The van der Waals surface area contributed by atoms with Crippen molar-refractivity contribution in [2.75, 3.05) is 13.7 Å². The maximum atomic E-state index is 13.0. The quantitative estimate of drug-likeness (QED) is 0.140. The van der Waals surface area contributed by atoms with E-state index in [4.69, 9.17) is 9.47 Å². The highest BCUT2D eigenvalue weighted by Crippen LogP contribution is 2.37. The number of hydrogen-bond acceptors (Lipinski definition) is 7. The topological polar surface area (TPSA) is 108 Å². The fraction of sp³-hybridized carbons (Fsp3) is 0.133. The van der Waals surface area contributed by atoms with Crippen molar-refractivity contribution in [2.24, 2.45) is 0 Å². The van der Waals surface area contributed by atoms with Gasteiger partial charge in [0.05, 0.1) is 23.1 Å². The van der Waals surface area contributed by atoms with E-state index in [0.717, 1.165) is 16.7 Å². The summed E-state index contributed by atoms with van der Waals surface area (Å²) in [5.41, 5.74) is 1.59. The van der Waals surface area contributed by atoms with Crippen molar-refractivity contribution in [1.82, 2.24) is 5.32 Å². The molecule has 4 rings (SSSR count). The van der Waals surface area contributed by atoms with E-state index in [0.29, 0.717) is 0 Å². The van der Waals surface area contributed by atoms with Gasteiger partial charge in [-0.1, -0.05) is 91.0 Å². The number of non-ortho nitro benzene ring substituents is 1. The lowest BCUT2D eigenvalue weighted by Crippen LogP contribution is -2.54. The molecule has 4 aromatic rings. The van der Waals surface area contributed by atoms with Crippen LogP contribution in [0.3, 0.4) is 0 Å². The Labute approximate surface area is 220 Å². The van der Waals surface area contributed by atoms with Crippen molar-refractivity contribution in [3.05, 3.63) is 148 Å². The molecule has 1 N–H and O–H groups in total. The van der Waals surface area contributed by atoms with E-state index >= 15 is 0 Å². The molecule has 0 aliphatic carbocycles. The molecule has 0 bridgehead atoms. The monoisotopic (exact) mass is 510 g/mol. The Morgan fingerprint density at radius 1 is 0.789 bits per heavy atom. The third-order valence-electron chi connectivity index (χ3n) is 6.19. The summed E-state index contributed by atoms with van der Waals surface area (Å²) in [5.74, 6) is -1.34. The van der Waals surface area contributed by atoms with Gasteiger partial charge in [-0.2, -0.15) is 0 Å². The van der Waals surface area contributed by atoms with Gasteiger partial charge in [0.1, 0.15) is 12.6 Å². The molecule has 0 aromatic heterocycles. The smallest absolute Gasteiger partial charge is 0.338 e. The standard InChI is InChI=1S/C30H26N2O6/c1-37-29(34)27(21-38-28(33)22-17-19-26(20-18-22)32(35)36)31-30(23-11-5-2-6-12-23,24-13-7-3-8-14-24)25-15-9-4-10-16-25/h2-20,27,31H,21H2,1H3/t27-/m0/s1. The summed E-state index contributed by atoms with van der Waals surface area (Å²) in [6.07, 6.45) is 0. The fourth-order valence-electron chi connectivity index (χ4n) is 4.35. The lowest BCUT2D eigenvalue weighted by molar-refractivity contribution is -0.384. The average Bonchev–Trinajstić information content (AvgIpc) is 2.98. The summed E-state index contributed by atoms with van der Waals surface area (Å²) in [6, 6.07) is 33.0. The number of methoxy groups -OCH3 is 1. The third kappa shape index (κ3) is 5.61. The molecule has 0 unspecified atom stereocenters. The Hall–Kier alpha value is -4.82. The number of nitro groups is 1. The molecule has 192 valence electrons. The second kappa shape index (κ2) is 11.9. The Bertz CT molecular complexity index is 1280. The largest absolute Gasteiger partial charge is 0.468 e. The number of hydrogen-bond donors (Lipinski definition) is 1. The number of esters is 2. The SMILES string of the molecule is COC(=O)[C@H](COC(=O)c1ccc([N+](=O)[O-])cc1)NC(c1ccccc1)(c1ccccc1)c1ccccc1. The molecular formula is C30H26N2O6. The van der Waals surface area contributed by atoms with Crippen LogP contribution in [0.15, 0.2) is 115 Å². The molecule has 0 spiro atoms. The van der Waals surface area contributed by atoms with Gasteiger partial charge in [0.15, 0.2) is 0 Å². The predicted octanol–water partition coefficient (Wildman–Crippen LogP) is 4.87. The Morgan fingerprint density at radius 2 is 1.24 bits per heavy atom. The van der Waals surface area contributed by atoms with Crippen LogP contribution in [-0.2, 0) is 19.8 Å². The second-order valence-corrected chi connectivity index (χ2v) is 8.47. The van der Waals surface area contributed by atoms with Crippen LogP contribution >= 0.6 is 0 Å². The van der Waals surface area contributed by atoms with Gasteiger partial charge in [-0.25, -0.2) is 4.79 Å². The fourth-order valence-corrected chi connectivity index (χ4v) is 4.35. The van der Waals surface area contributed by atoms with Crippen molar-refractivity contribution in [3.8, 4) is 0 Å². The number of carbonyl (C=O) groups is 2. The number of nitro benzene ring substituents is 1. The normalized spacial score (nSPS) is 11.8. The van der Waals surface area contributed by atoms with Crippen LogP contribution in [0.25, 0.3) is 0 Å². The van der Waals surface area contributed by atoms with Crippen molar-refractivity contribution < 1.29 is 24.0 Å². The lowest BCUT2D eigenvalue weighted by Gasteiger charge is -2.39. The van der Waals surface area contributed by atoms with Gasteiger partial charge in [-0.05, 0) is 28.8 Å². The average molecular weight is 511 g/mol. The van der Waals surface area contributed by atoms with E-state index in [9.17, 15) is 19.7 Å². The molecule has 8 heteroatoms. The van der Waals surface area contributed by atoms with Crippen molar-refractivity contribution in [1.29, 1.82) is 0 Å². The van der Waals surface area contributed by atoms with Crippen molar-refractivity contribution in [3.63, 3.8) is 0 Å². The summed E-state index contributed by atoms with van der Waals surface area (Å²) < 4.78 is 10.6. The van der Waals surface area contributed by atoms with Gasteiger partial charge in [0, 0.05) is 12.1 Å². The second-order valence-electron chi connectivity index (χ2n) is 8.47. The first-order valence-corrected chi connectivity index (χ1v) is 11.9. The summed E-state index contributed by atoms with van der Waals surface area (Å²) >= 11 is 0. The van der Waals surface area contributed by atoms with Crippen LogP contribution in [-0.4, -0.2) is 36.6 Å². The molecule has 0 amide bonds. The van der Waals surface area contributed by atoms with Gasteiger partial charge in [-0.15, -0.1) is 0 Å². The van der Waals surface area contributed by atoms with Gasteiger partial charge in [0.2, 0.25) is 0 Å². The van der Waals surface area contributed by atoms with Crippen LogP contribution in [0.5, 0.6) is 0 Å². The molecule has 0 aliphatic rings. The molecule has 0 saturated heterocycles. The minimum Gasteiger partial charge on any atom is -0.468 e. The molecule has 8 nitrogen and oxygen atoms in total. The number of rotatable bonds is 10. The molecule has 0 fully saturated rings. The molecule has 1 atom stereocenters. The highest BCUT2D eigenvalue weighted by atomic mass is 16.6. The zero-order valence-corrected chi connectivity index (χ0v) is 20.7. The highest BCUT2D eigenvalue weighted by molar-refractivity contribution is 5.90. The van der Waals surface area contributed by atoms with E-state index in [1.165, 1.54) is 31.4 Å². The first-order valence-electron chi connectivity index (χ1n) is 11.9. The minimum absolute atomic E-state index is 0.125. The first-order chi connectivity index (χ1) is 18.5. The Kier molecular flexibility index (Phi) is 8.25. The Balaban J connectivity index is 1.72. The van der Waals surface area contributed by atoms with Crippen molar-refractivity contribution in [2.45, 2.75) is 11.6 Å².